The van der Waals surface area contributed by atoms with Crippen LogP contribution in [0.3, 0.4) is 0 Å². The smallest absolute Gasteiger partial charge is 0.269 e. The highest BCUT2D eigenvalue weighted by atomic mass is 32.2. The first kappa shape index (κ1) is 24.1. The van der Waals surface area contributed by atoms with Gasteiger partial charge in [0.15, 0.2) is 11.5 Å². The van der Waals surface area contributed by atoms with E-state index in [-0.39, 0.29) is 11.3 Å². The first-order valence-electron chi connectivity index (χ1n) is 8.67. The molecule has 1 atom stereocenters. The van der Waals surface area contributed by atoms with Crippen molar-refractivity contribution < 1.29 is 27.5 Å². The molecule has 1 aromatic rings. The highest BCUT2D eigenvalue weighted by Gasteiger charge is 2.23. The quantitative estimate of drug-likeness (QED) is 0.443. The third-order valence-electron chi connectivity index (χ3n) is 3.65. The average Bonchev–Trinajstić information content (AvgIpc) is 2.69. The van der Waals surface area contributed by atoms with E-state index in [1.54, 1.807) is 6.07 Å². The van der Waals surface area contributed by atoms with Crippen molar-refractivity contribution in [2.45, 2.75) is 26.3 Å². The summed E-state index contributed by atoms with van der Waals surface area (Å²) < 4.78 is 36.5. The number of ether oxygens (including phenoxy) is 2. The normalized spacial score (nSPS) is 12.1. The molecule has 158 valence electrons. The predicted octanol–water partition coefficient (Wildman–Crippen LogP) is 0.916. The van der Waals surface area contributed by atoms with Crippen LogP contribution in [0.2, 0.25) is 0 Å². The van der Waals surface area contributed by atoms with E-state index in [0.717, 1.165) is 0 Å². The van der Waals surface area contributed by atoms with Crippen molar-refractivity contribution in [1.29, 1.82) is 0 Å². The highest BCUT2D eigenvalue weighted by Crippen LogP contribution is 2.27. The molecule has 0 aliphatic heterocycles. The third-order valence-corrected chi connectivity index (χ3v) is 5.70. The van der Waals surface area contributed by atoms with Gasteiger partial charge in [-0.3, -0.25) is 20.4 Å². The number of rotatable bonds is 11. The molecule has 0 heterocycles. The van der Waals surface area contributed by atoms with Gasteiger partial charge in [-0.2, -0.15) is 11.8 Å². The summed E-state index contributed by atoms with van der Waals surface area (Å²) >= 11 is 1.48. The second-order valence-electron chi connectivity index (χ2n) is 5.60. The molecule has 0 radical (unpaired) electrons. The second-order valence-corrected chi connectivity index (χ2v) is 8.63. The fourth-order valence-corrected chi connectivity index (χ4v) is 3.44. The SMILES string of the molecule is CCOc1ccc(C(=O)NNC(=O)C(CCSC)NS(=O)(=O)CC)cc1OC. The van der Waals surface area contributed by atoms with Crippen LogP contribution < -0.4 is 25.0 Å². The fraction of sp³-hybridized carbons (Fsp3) is 0.529. The summed E-state index contributed by atoms with van der Waals surface area (Å²) in [6, 6.07) is 3.63. The van der Waals surface area contributed by atoms with Gasteiger partial charge in [0.05, 0.1) is 19.5 Å². The zero-order chi connectivity index (χ0) is 21.2. The first-order chi connectivity index (χ1) is 13.3. The van der Waals surface area contributed by atoms with Gasteiger partial charge < -0.3 is 9.47 Å². The van der Waals surface area contributed by atoms with E-state index in [1.165, 1.54) is 37.9 Å². The summed E-state index contributed by atoms with van der Waals surface area (Å²) in [5.74, 6) is 0.1000. The van der Waals surface area contributed by atoms with Gasteiger partial charge in [0.2, 0.25) is 10.0 Å². The number of hydrogen-bond donors (Lipinski definition) is 3. The molecule has 3 N–H and O–H groups in total. The maximum absolute atomic E-state index is 12.3. The van der Waals surface area contributed by atoms with Crippen LogP contribution in [0, 0.1) is 0 Å². The van der Waals surface area contributed by atoms with Crippen molar-refractivity contribution in [3.05, 3.63) is 23.8 Å². The summed E-state index contributed by atoms with van der Waals surface area (Å²) in [4.78, 5) is 24.6. The third kappa shape index (κ3) is 7.56. The molecule has 0 bridgehead atoms. The van der Waals surface area contributed by atoms with Gasteiger partial charge >= 0.3 is 0 Å². The van der Waals surface area contributed by atoms with E-state index in [9.17, 15) is 18.0 Å². The summed E-state index contributed by atoms with van der Waals surface area (Å²) in [5.41, 5.74) is 4.80. The molecule has 0 fully saturated rings. The van der Waals surface area contributed by atoms with Gasteiger partial charge in [0.1, 0.15) is 6.04 Å². The Morgan fingerprint density at radius 2 is 1.89 bits per heavy atom. The Balaban J connectivity index is 2.79. The Morgan fingerprint density at radius 1 is 1.18 bits per heavy atom. The molecule has 0 aliphatic carbocycles. The Labute approximate surface area is 169 Å². The Hall–Kier alpha value is -1.98. The highest BCUT2D eigenvalue weighted by molar-refractivity contribution is 7.98. The van der Waals surface area contributed by atoms with Crippen molar-refractivity contribution in [3.8, 4) is 11.5 Å². The second kappa shape index (κ2) is 11.8. The zero-order valence-corrected chi connectivity index (χ0v) is 18.0. The van der Waals surface area contributed by atoms with E-state index >= 15 is 0 Å². The number of carbonyl (C=O) groups excluding carboxylic acids is 2. The van der Waals surface area contributed by atoms with Crippen molar-refractivity contribution >= 4 is 33.6 Å². The number of methoxy groups -OCH3 is 1. The Bertz CT molecular complexity index is 770. The molecule has 0 aromatic heterocycles. The van der Waals surface area contributed by atoms with Crippen LogP contribution in [0.15, 0.2) is 18.2 Å². The fourth-order valence-electron chi connectivity index (χ4n) is 2.14. The number of hydrogen-bond acceptors (Lipinski definition) is 7. The lowest BCUT2D eigenvalue weighted by Crippen LogP contribution is -2.52. The molecule has 1 aromatic carbocycles. The minimum absolute atomic E-state index is 0.144. The number of benzene rings is 1. The molecule has 2 amide bonds. The average molecular weight is 434 g/mol. The molecule has 28 heavy (non-hydrogen) atoms. The Kier molecular flexibility index (Phi) is 10.1. The minimum atomic E-state index is -3.57. The van der Waals surface area contributed by atoms with Gasteiger partial charge in [0.25, 0.3) is 11.8 Å². The summed E-state index contributed by atoms with van der Waals surface area (Å²) in [6.45, 7) is 3.76. The van der Waals surface area contributed by atoms with Gasteiger partial charge in [-0.15, -0.1) is 0 Å². The molecule has 0 saturated carbocycles. The summed E-state index contributed by atoms with van der Waals surface area (Å²) in [7, 11) is -2.11. The Morgan fingerprint density at radius 3 is 2.46 bits per heavy atom. The number of thioether (sulfide) groups is 1. The number of nitrogens with one attached hydrogen (secondary N) is 3. The van der Waals surface area contributed by atoms with E-state index in [2.05, 4.69) is 15.6 Å². The first-order valence-corrected chi connectivity index (χ1v) is 11.7. The van der Waals surface area contributed by atoms with E-state index in [0.29, 0.717) is 30.3 Å². The van der Waals surface area contributed by atoms with Crippen molar-refractivity contribution in [2.75, 3.05) is 31.5 Å². The molecular formula is C17H27N3O6S2. The van der Waals surface area contributed by atoms with Gasteiger partial charge in [-0.25, -0.2) is 13.1 Å². The zero-order valence-electron chi connectivity index (χ0n) is 16.4. The lowest BCUT2D eigenvalue weighted by atomic mass is 10.2. The molecule has 0 aliphatic rings. The number of carbonyl (C=O) groups is 2. The lowest BCUT2D eigenvalue weighted by Gasteiger charge is -2.18. The van der Waals surface area contributed by atoms with E-state index in [1.807, 2.05) is 13.2 Å². The van der Waals surface area contributed by atoms with Crippen LogP contribution in [0.1, 0.15) is 30.6 Å². The molecule has 11 heteroatoms. The van der Waals surface area contributed by atoms with Gasteiger partial charge in [0, 0.05) is 5.56 Å². The molecule has 0 spiro atoms. The van der Waals surface area contributed by atoms with Crippen molar-refractivity contribution in [1.82, 2.24) is 15.6 Å². The maximum Gasteiger partial charge on any atom is 0.269 e. The van der Waals surface area contributed by atoms with Crippen LogP contribution in [0.5, 0.6) is 11.5 Å². The molecular weight excluding hydrogens is 406 g/mol. The maximum atomic E-state index is 12.3. The molecule has 1 rings (SSSR count). The van der Waals surface area contributed by atoms with E-state index in [4.69, 9.17) is 9.47 Å². The predicted molar refractivity (Wildman–Crippen MR) is 109 cm³/mol. The molecule has 1 unspecified atom stereocenters. The van der Waals surface area contributed by atoms with Crippen LogP contribution in [-0.4, -0.2) is 57.8 Å². The van der Waals surface area contributed by atoms with Crippen molar-refractivity contribution in [2.24, 2.45) is 0 Å². The van der Waals surface area contributed by atoms with Crippen LogP contribution in [-0.2, 0) is 14.8 Å². The van der Waals surface area contributed by atoms with Crippen molar-refractivity contribution in [3.63, 3.8) is 0 Å². The van der Waals surface area contributed by atoms with Crippen LogP contribution >= 0.6 is 11.8 Å². The van der Waals surface area contributed by atoms with Gasteiger partial charge in [-0.05, 0) is 50.5 Å². The monoisotopic (exact) mass is 433 g/mol. The number of sulfonamides is 1. The summed E-state index contributed by atoms with van der Waals surface area (Å²) in [6.07, 6.45) is 2.14. The molecule has 0 saturated heterocycles. The van der Waals surface area contributed by atoms with Gasteiger partial charge in [-0.1, -0.05) is 0 Å². The minimum Gasteiger partial charge on any atom is -0.493 e. The van der Waals surface area contributed by atoms with Crippen LogP contribution in [0.4, 0.5) is 0 Å². The lowest BCUT2D eigenvalue weighted by molar-refractivity contribution is -0.123. The van der Waals surface area contributed by atoms with E-state index < -0.39 is 27.9 Å². The van der Waals surface area contributed by atoms with Crippen LogP contribution in [0.25, 0.3) is 0 Å². The number of hydrazine groups is 1. The number of amides is 2. The topological polar surface area (TPSA) is 123 Å². The summed E-state index contributed by atoms with van der Waals surface area (Å²) in [5, 5.41) is 0. The largest absolute Gasteiger partial charge is 0.493 e. The molecule has 9 nitrogen and oxygen atoms in total. The standard InChI is InChI=1S/C17H27N3O6S2/c1-5-26-14-8-7-12(11-15(14)25-3)16(21)18-19-17(22)13(9-10-27-4)20-28(23,24)6-2/h7-8,11,13,20H,5-6,9-10H2,1-4H3,(H,18,21)(H,19,22).